The number of aryl methyl sites for hydroxylation is 1. The quantitative estimate of drug-likeness (QED) is 0.386. The maximum atomic E-state index is 12.6. The second kappa shape index (κ2) is 10.7. The second-order valence-corrected chi connectivity index (χ2v) is 9.56. The number of hydrogen-bond donors (Lipinski definition) is 3. The fraction of sp³-hybridized carbons (Fsp3) is 0.381. The van der Waals surface area contributed by atoms with Crippen molar-refractivity contribution in [3.05, 3.63) is 51.2 Å². The van der Waals surface area contributed by atoms with Gasteiger partial charge in [0, 0.05) is 30.9 Å². The first kappa shape index (κ1) is 24.6. The molecule has 0 spiro atoms. The van der Waals surface area contributed by atoms with Gasteiger partial charge >= 0.3 is 0 Å². The van der Waals surface area contributed by atoms with Crippen LogP contribution in [0.3, 0.4) is 0 Å². The van der Waals surface area contributed by atoms with Crippen molar-refractivity contribution in [3.8, 4) is 0 Å². The molecule has 0 aliphatic carbocycles. The number of anilines is 2. The summed E-state index contributed by atoms with van der Waals surface area (Å²) in [6.07, 6.45) is 4.58. The molecule has 12 heteroatoms. The van der Waals surface area contributed by atoms with Crippen LogP contribution in [0.5, 0.6) is 0 Å². The molecule has 174 valence electrons. The number of ketones is 1. The summed E-state index contributed by atoms with van der Waals surface area (Å²) in [6, 6.07) is 1.74. The van der Waals surface area contributed by atoms with Gasteiger partial charge in [-0.3, -0.25) is 9.59 Å². The third kappa shape index (κ3) is 6.50. The molecule has 0 aliphatic heterocycles. The summed E-state index contributed by atoms with van der Waals surface area (Å²) >= 11 is 7.42. The largest absolute Gasteiger partial charge is 0.395 e. The van der Waals surface area contributed by atoms with Crippen LogP contribution in [0.15, 0.2) is 24.9 Å². The molecule has 0 atom stereocenters. The van der Waals surface area contributed by atoms with Crippen LogP contribution in [0, 0.1) is 0 Å². The fourth-order valence-corrected chi connectivity index (χ4v) is 3.83. The van der Waals surface area contributed by atoms with Crippen LogP contribution in [-0.4, -0.2) is 54.9 Å². The highest BCUT2D eigenvalue weighted by Crippen LogP contribution is 2.24. The van der Waals surface area contributed by atoms with Crippen molar-refractivity contribution in [1.82, 2.24) is 24.9 Å². The summed E-state index contributed by atoms with van der Waals surface area (Å²) in [4.78, 5) is 46.1. The normalized spacial score (nSPS) is 11.3. The van der Waals surface area contributed by atoms with Crippen LogP contribution in [0.25, 0.3) is 0 Å². The zero-order valence-corrected chi connectivity index (χ0v) is 20.0. The van der Waals surface area contributed by atoms with E-state index in [9.17, 15) is 9.59 Å². The first-order chi connectivity index (χ1) is 15.7. The van der Waals surface area contributed by atoms with Gasteiger partial charge in [0.15, 0.2) is 5.78 Å². The lowest BCUT2D eigenvalue weighted by Crippen LogP contribution is -2.16. The number of carbonyl (C=O) groups is 2. The molecule has 0 fully saturated rings. The predicted molar refractivity (Wildman–Crippen MR) is 126 cm³/mol. The van der Waals surface area contributed by atoms with Crippen LogP contribution in [0.2, 0.25) is 5.02 Å². The molecule has 3 rings (SSSR count). The van der Waals surface area contributed by atoms with Crippen molar-refractivity contribution >= 4 is 46.3 Å². The maximum absolute atomic E-state index is 12.6. The molecule has 0 unspecified atom stereocenters. The number of carbonyl (C=O) groups excluding carboxylic acids is 2. The zero-order chi connectivity index (χ0) is 24.0. The number of aliphatic hydroxyl groups is 1. The molecule has 0 bridgehead atoms. The monoisotopic (exact) mass is 489 g/mol. The van der Waals surface area contributed by atoms with Gasteiger partial charge < -0.3 is 15.7 Å². The van der Waals surface area contributed by atoms with E-state index in [1.807, 2.05) is 20.8 Å². The standard InChI is InChI=1S/C21H24ClN7O3S/c1-21(2,3)14-8-15(26-10-25-14)29-20(32)13-9-24-16(33-13)5-4-12(31)18-17(22)19(23-6-7-30)28-11-27-18/h8-11,30H,4-7H2,1-3H3,(H,23,27,28)(H,25,26,29,32). The van der Waals surface area contributed by atoms with Crippen LogP contribution in [0.1, 0.15) is 58.1 Å². The number of halogens is 1. The molecule has 0 aromatic carbocycles. The minimum atomic E-state index is -0.331. The summed E-state index contributed by atoms with van der Waals surface area (Å²) in [7, 11) is 0. The number of hydrogen-bond acceptors (Lipinski definition) is 10. The van der Waals surface area contributed by atoms with Crippen LogP contribution >= 0.6 is 22.9 Å². The van der Waals surface area contributed by atoms with E-state index in [-0.39, 0.29) is 53.2 Å². The van der Waals surface area contributed by atoms with E-state index in [4.69, 9.17) is 16.7 Å². The predicted octanol–water partition coefficient (Wildman–Crippen LogP) is 3.15. The van der Waals surface area contributed by atoms with Crippen LogP contribution in [-0.2, 0) is 11.8 Å². The molecule has 0 radical (unpaired) electrons. The van der Waals surface area contributed by atoms with Gasteiger partial charge in [-0.05, 0) is 0 Å². The van der Waals surface area contributed by atoms with E-state index in [0.717, 1.165) is 5.69 Å². The molecule has 3 heterocycles. The molecule has 1 amide bonds. The third-order valence-electron chi connectivity index (χ3n) is 4.48. The fourth-order valence-electron chi connectivity index (χ4n) is 2.75. The Balaban J connectivity index is 1.61. The first-order valence-corrected chi connectivity index (χ1v) is 11.4. The molecule has 3 aromatic rings. The molecule has 33 heavy (non-hydrogen) atoms. The topological polar surface area (TPSA) is 143 Å². The molecular weight excluding hydrogens is 466 g/mol. The van der Waals surface area contributed by atoms with Crippen molar-refractivity contribution in [2.24, 2.45) is 0 Å². The number of aromatic nitrogens is 5. The van der Waals surface area contributed by atoms with Crippen LogP contribution in [0.4, 0.5) is 11.6 Å². The zero-order valence-electron chi connectivity index (χ0n) is 18.4. The Bertz CT molecular complexity index is 1150. The van der Waals surface area contributed by atoms with Gasteiger partial charge in [0.2, 0.25) is 0 Å². The van der Waals surface area contributed by atoms with Crippen molar-refractivity contribution in [1.29, 1.82) is 0 Å². The lowest BCUT2D eigenvalue weighted by Gasteiger charge is -2.17. The molecule has 3 N–H and O–H groups in total. The summed E-state index contributed by atoms with van der Waals surface area (Å²) in [5.41, 5.74) is 0.740. The number of amides is 1. The SMILES string of the molecule is CC(C)(C)c1cc(NC(=O)c2cnc(CCC(=O)c3ncnc(NCCO)c3Cl)s2)ncn1. The Hall–Kier alpha value is -3.02. The lowest BCUT2D eigenvalue weighted by molar-refractivity contribution is 0.0976. The summed E-state index contributed by atoms with van der Waals surface area (Å²) < 4.78 is 0. The molecule has 0 aliphatic rings. The highest BCUT2D eigenvalue weighted by molar-refractivity contribution is 7.13. The molecule has 0 saturated heterocycles. The van der Waals surface area contributed by atoms with E-state index in [1.54, 1.807) is 6.07 Å². The van der Waals surface area contributed by atoms with Gasteiger partial charge in [-0.15, -0.1) is 11.3 Å². The number of Topliss-reactive ketones (excluding diaryl/α,β-unsaturated/α-hetero) is 1. The van der Waals surface area contributed by atoms with Gasteiger partial charge in [-0.25, -0.2) is 24.9 Å². The smallest absolute Gasteiger partial charge is 0.268 e. The summed E-state index contributed by atoms with van der Waals surface area (Å²) in [6.45, 7) is 6.23. The van der Waals surface area contributed by atoms with Gasteiger partial charge in [0.1, 0.15) is 39.9 Å². The second-order valence-electron chi connectivity index (χ2n) is 8.07. The number of nitrogens with zero attached hydrogens (tertiary/aromatic N) is 5. The lowest BCUT2D eigenvalue weighted by atomic mass is 9.92. The summed E-state index contributed by atoms with van der Waals surface area (Å²) in [5, 5.41) is 15.2. The van der Waals surface area contributed by atoms with Crippen molar-refractivity contribution in [2.75, 3.05) is 23.8 Å². The molecular formula is C21H24ClN7O3S. The van der Waals surface area contributed by atoms with E-state index in [0.29, 0.717) is 22.1 Å². The number of nitrogens with one attached hydrogen (secondary N) is 2. The van der Waals surface area contributed by atoms with Crippen molar-refractivity contribution in [3.63, 3.8) is 0 Å². The number of aliphatic hydroxyl groups excluding tert-OH is 1. The Morgan fingerprint density at radius 3 is 2.61 bits per heavy atom. The Kier molecular flexibility index (Phi) is 8.01. The van der Waals surface area contributed by atoms with E-state index in [1.165, 1.54) is 30.2 Å². The van der Waals surface area contributed by atoms with Crippen molar-refractivity contribution in [2.45, 2.75) is 39.0 Å². The van der Waals surface area contributed by atoms with E-state index >= 15 is 0 Å². The minimum Gasteiger partial charge on any atom is -0.395 e. The molecule has 0 saturated carbocycles. The first-order valence-electron chi connectivity index (χ1n) is 10.2. The average molecular weight is 490 g/mol. The maximum Gasteiger partial charge on any atom is 0.268 e. The Morgan fingerprint density at radius 1 is 1.12 bits per heavy atom. The van der Waals surface area contributed by atoms with Crippen LogP contribution < -0.4 is 10.6 Å². The third-order valence-corrected chi connectivity index (χ3v) is 5.89. The molecule has 10 nitrogen and oxygen atoms in total. The molecule has 3 aromatic heterocycles. The van der Waals surface area contributed by atoms with Gasteiger partial charge in [0.05, 0.1) is 23.5 Å². The van der Waals surface area contributed by atoms with Gasteiger partial charge in [-0.1, -0.05) is 32.4 Å². The summed E-state index contributed by atoms with van der Waals surface area (Å²) in [5.74, 6) is 0.0964. The Labute approximate surface area is 199 Å². The van der Waals surface area contributed by atoms with E-state index in [2.05, 4.69) is 35.6 Å². The van der Waals surface area contributed by atoms with Gasteiger partial charge in [-0.2, -0.15) is 0 Å². The minimum absolute atomic E-state index is 0.0973. The van der Waals surface area contributed by atoms with Crippen molar-refractivity contribution < 1.29 is 14.7 Å². The van der Waals surface area contributed by atoms with Gasteiger partial charge in [0.25, 0.3) is 5.91 Å². The number of thiazole rings is 1. The Morgan fingerprint density at radius 2 is 1.88 bits per heavy atom. The highest BCUT2D eigenvalue weighted by atomic mass is 35.5. The highest BCUT2D eigenvalue weighted by Gasteiger charge is 2.19. The van der Waals surface area contributed by atoms with E-state index < -0.39 is 0 Å². The number of rotatable bonds is 9. The average Bonchev–Trinajstić information content (AvgIpc) is 3.26.